The first-order valence-electron chi connectivity index (χ1n) is 24.2. The Morgan fingerprint density at radius 1 is 0.583 bits per heavy atom. The van der Waals surface area contributed by atoms with Crippen molar-refractivity contribution < 1.29 is 42.7 Å². The van der Waals surface area contributed by atoms with Crippen molar-refractivity contribution in [3.63, 3.8) is 0 Å². The molecule has 11 heteroatoms. The zero-order valence-corrected chi connectivity index (χ0v) is 39.2. The average Bonchev–Trinajstić information content (AvgIpc) is 3.23. The molecule has 4 N–H and O–H groups in total. The second-order valence-electron chi connectivity index (χ2n) is 16.2. The van der Waals surface area contributed by atoms with Crippen LogP contribution in [0.25, 0.3) is 0 Å². The van der Waals surface area contributed by atoms with Gasteiger partial charge in [-0.1, -0.05) is 204 Å². The predicted molar refractivity (Wildman–Crippen MR) is 249 cm³/mol. The zero-order valence-electron chi connectivity index (χ0n) is 38.3. The number of esters is 2. The topological polar surface area (TPSA) is 155 Å². The second kappa shape index (κ2) is 45.0. The van der Waals surface area contributed by atoms with Gasteiger partial charge in [0.15, 0.2) is 6.10 Å². The minimum absolute atomic E-state index is 0.0366. The van der Waals surface area contributed by atoms with Gasteiger partial charge in [-0.25, -0.2) is 4.57 Å². The van der Waals surface area contributed by atoms with Crippen molar-refractivity contribution in [3.8, 4) is 0 Å². The van der Waals surface area contributed by atoms with E-state index < -0.39 is 38.6 Å². The molecule has 0 aliphatic heterocycles. The Bertz CT molecular complexity index is 1140. The van der Waals surface area contributed by atoms with Crippen molar-refractivity contribution in [3.05, 3.63) is 48.6 Å². The van der Waals surface area contributed by atoms with Gasteiger partial charge in [0.1, 0.15) is 6.61 Å². The van der Waals surface area contributed by atoms with Gasteiger partial charge in [-0.3, -0.25) is 18.6 Å². The fourth-order valence-corrected chi connectivity index (χ4v) is 7.42. The van der Waals surface area contributed by atoms with E-state index in [4.69, 9.17) is 24.3 Å². The molecule has 0 radical (unpaired) electrons. The van der Waals surface area contributed by atoms with Gasteiger partial charge < -0.3 is 25.2 Å². The Morgan fingerprint density at radius 3 is 1.65 bits per heavy atom. The van der Waals surface area contributed by atoms with Crippen LogP contribution in [0.15, 0.2) is 48.6 Å². The van der Waals surface area contributed by atoms with Gasteiger partial charge in [-0.05, 0) is 44.9 Å². The van der Waals surface area contributed by atoms with Gasteiger partial charge in [-0.2, -0.15) is 0 Å². The Labute approximate surface area is 367 Å². The van der Waals surface area contributed by atoms with Crippen LogP contribution in [0.2, 0.25) is 0 Å². The smallest absolute Gasteiger partial charge is 0.462 e. The van der Waals surface area contributed by atoms with Crippen LogP contribution in [-0.2, 0) is 32.7 Å². The summed E-state index contributed by atoms with van der Waals surface area (Å²) in [5, 5.41) is 10.1. The first-order valence-corrected chi connectivity index (χ1v) is 25.7. The van der Waals surface area contributed by atoms with Crippen molar-refractivity contribution in [2.24, 2.45) is 5.73 Å². The summed E-state index contributed by atoms with van der Waals surface area (Å²) < 4.78 is 32.8. The maximum Gasteiger partial charge on any atom is 0.472 e. The molecule has 350 valence electrons. The van der Waals surface area contributed by atoms with Crippen LogP contribution in [0.4, 0.5) is 0 Å². The van der Waals surface area contributed by atoms with E-state index >= 15 is 0 Å². The standard InChI is InChI=1S/C49H90NO9P/c1-3-5-7-9-11-12-13-14-15-16-17-18-19-20-21-22-23-24-28-33-37-41-49(53)59-47(45-58-60(54,55)57-43-42-50)44-56-48(52)40-36-32-29-25-27-31-35-39-46(51)38-34-30-26-10-8-6-4-2/h25-26,29-31,34-35,38,46-47,51H,3-24,27-28,32-33,36-37,39-45,50H2,1-2H3,(H,54,55)/b29-25+,30-26-,35-31-,38-34-/t46-,47-/m1/s1. The SMILES string of the molecule is CCCCC/C=C\C=C/[C@@H](O)C/C=C\C/C=C/CCCC(=O)OC[C@H](COP(=O)(O)OCCN)OC(=O)CCCCCCCCCCCCCCCCCCCCCCC. The quantitative estimate of drug-likeness (QED) is 0.0177. The third kappa shape index (κ3) is 44.0. The maximum atomic E-state index is 12.6. The molecule has 0 amide bonds. The van der Waals surface area contributed by atoms with Gasteiger partial charge in [0.05, 0.1) is 19.3 Å². The normalized spacial score (nSPS) is 14.2. The van der Waals surface area contributed by atoms with Gasteiger partial charge in [0, 0.05) is 19.4 Å². The first-order chi connectivity index (χ1) is 29.2. The number of aliphatic hydroxyl groups excluding tert-OH is 1. The first kappa shape index (κ1) is 57.9. The summed E-state index contributed by atoms with van der Waals surface area (Å²) in [5.41, 5.74) is 5.35. The lowest BCUT2D eigenvalue weighted by Crippen LogP contribution is -2.29. The highest BCUT2D eigenvalue weighted by molar-refractivity contribution is 7.47. The van der Waals surface area contributed by atoms with E-state index in [0.717, 1.165) is 32.1 Å². The van der Waals surface area contributed by atoms with Crippen LogP contribution in [-0.4, -0.2) is 60.5 Å². The van der Waals surface area contributed by atoms with E-state index in [1.165, 1.54) is 128 Å². The van der Waals surface area contributed by atoms with E-state index in [0.29, 0.717) is 25.7 Å². The molecular weight excluding hydrogens is 778 g/mol. The molecule has 0 aliphatic carbocycles. The third-order valence-corrected chi connectivity index (χ3v) is 11.3. The summed E-state index contributed by atoms with van der Waals surface area (Å²) in [7, 11) is -4.41. The fourth-order valence-electron chi connectivity index (χ4n) is 6.65. The van der Waals surface area contributed by atoms with E-state index in [2.05, 4.69) is 19.9 Å². The van der Waals surface area contributed by atoms with Crippen LogP contribution >= 0.6 is 7.82 Å². The lowest BCUT2D eigenvalue weighted by Gasteiger charge is -2.19. The van der Waals surface area contributed by atoms with Crippen LogP contribution in [0.5, 0.6) is 0 Å². The molecule has 0 bridgehead atoms. The van der Waals surface area contributed by atoms with Crippen LogP contribution < -0.4 is 5.73 Å². The van der Waals surface area contributed by atoms with Crippen molar-refractivity contribution in [1.82, 2.24) is 0 Å². The van der Waals surface area contributed by atoms with Crippen molar-refractivity contribution in [2.45, 2.75) is 225 Å². The molecule has 0 aromatic rings. The monoisotopic (exact) mass is 868 g/mol. The number of nitrogens with two attached hydrogens (primary N) is 1. The minimum atomic E-state index is -4.41. The number of rotatable bonds is 45. The number of phosphoric acid groups is 1. The van der Waals surface area contributed by atoms with E-state index in [9.17, 15) is 24.2 Å². The molecule has 0 heterocycles. The highest BCUT2D eigenvalue weighted by Gasteiger charge is 2.26. The number of hydrogen-bond donors (Lipinski definition) is 3. The summed E-state index contributed by atoms with van der Waals surface area (Å²) >= 11 is 0. The summed E-state index contributed by atoms with van der Waals surface area (Å²) in [5.74, 6) is -0.929. The zero-order chi connectivity index (χ0) is 44.0. The number of phosphoric ester groups is 1. The number of carbonyl (C=O) groups is 2. The molecule has 0 fully saturated rings. The Balaban J connectivity index is 4.18. The van der Waals surface area contributed by atoms with Crippen molar-refractivity contribution in [2.75, 3.05) is 26.4 Å². The third-order valence-electron chi connectivity index (χ3n) is 10.3. The van der Waals surface area contributed by atoms with E-state index in [-0.39, 0.29) is 32.6 Å². The number of aliphatic hydroxyl groups is 1. The number of allylic oxidation sites excluding steroid dienone is 6. The molecule has 1 unspecified atom stereocenters. The van der Waals surface area contributed by atoms with Gasteiger partial charge in [0.2, 0.25) is 0 Å². The second-order valence-corrected chi connectivity index (χ2v) is 17.6. The van der Waals surface area contributed by atoms with Crippen molar-refractivity contribution in [1.29, 1.82) is 0 Å². The summed E-state index contributed by atoms with van der Waals surface area (Å²) in [6, 6.07) is 0. The maximum absolute atomic E-state index is 12.6. The van der Waals surface area contributed by atoms with Gasteiger partial charge in [-0.15, -0.1) is 0 Å². The lowest BCUT2D eigenvalue weighted by molar-refractivity contribution is -0.161. The minimum Gasteiger partial charge on any atom is -0.462 e. The predicted octanol–water partition coefficient (Wildman–Crippen LogP) is 13.3. The highest BCUT2D eigenvalue weighted by Crippen LogP contribution is 2.43. The molecule has 0 aromatic carbocycles. The fraction of sp³-hybridized carbons (Fsp3) is 0.796. The molecule has 0 saturated carbocycles. The average molecular weight is 868 g/mol. The summed E-state index contributed by atoms with van der Waals surface area (Å²) in [4.78, 5) is 35.0. The van der Waals surface area contributed by atoms with Gasteiger partial charge in [0.25, 0.3) is 0 Å². The van der Waals surface area contributed by atoms with Crippen LogP contribution in [0.1, 0.15) is 213 Å². The van der Waals surface area contributed by atoms with Crippen LogP contribution in [0, 0.1) is 0 Å². The molecule has 0 aromatic heterocycles. The molecular formula is C49H90NO9P. The number of carbonyl (C=O) groups excluding carboxylic acids is 2. The lowest BCUT2D eigenvalue weighted by atomic mass is 10.0. The Morgan fingerprint density at radius 2 is 1.08 bits per heavy atom. The molecule has 60 heavy (non-hydrogen) atoms. The Hall–Kier alpha value is -2.07. The number of ether oxygens (including phenoxy) is 2. The summed E-state index contributed by atoms with van der Waals surface area (Å²) in [6.07, 6.45) is 48.9. The Kier molecular flexibility index (Phi) is 43.4. The molecule has 10 nitrogen and oxygen atoms in total. The number of unbranched alkanes of at least 4 members (excludes halogenated alkanes) is 24. The van der Waals surface area contributed by atoms with E-state index in [1.54, 1.807) is 6.08 Å². The molecule has 0 aliphatic rings. The highest BCUT2D eigenvalue weighted by atomic mass is 31.2. The summed E-state index contributed by atoms with van der Waals surface area (Å²) in [6.45, 7) is 3.57. The van der Waals surface area contributed by atoms with E-state index in [1.807, 2.05) is 36.5 Å². The molecule has 0 saturated heterocycles. The van der Waals surface area contributed by atoms with Crippen LogP contribution in [0.3, 0.4) is 0 Å². The molecule has 0 spiro atoms. The van der Waals surface area contributed by atoms with Gasteiger partial charge >= 0.3 is 19.8 Å². The number of hydrogen-bond acceptors (Lipinski definition) is 9. The molecule has 0 rings (SSSR count). The van der Waals surface area contributed by atoms with Crippen molar-refractivity contribution >= 4 is 19.8 Å². The largest absolute Gasteiger partial charge is 0.472 e. The molecule has 3 atom stereocenters.